The summed E-state index contributed by atoms with van der Waals surface area (Å²) in [5, 5.41) is -0.136. The van der Waals surface area contributed by atoms with Crippen LogP contribution in [-0.2, 0) is 9.84 Å². The van der Waals surface area contributed by atoms with Crippen molar-refractivity contribution in [1.82, 2.24) is 4.90 Å². The standard InChI is InChI=1S/C10H21NO2S/c1-8-5-6-9(11(2)3)7-10(8)14(4,12)13/h8-10H,5-7H2,1-4H3. The van der Waals surface area contributed by atoms with Crippen LogP contribution >= 0.6 is 0 Å². The summed E-state index contributed by atoms with van der Waals surface area (Å²) in [6, 6.07) is 0.436. The molecule has 1 fully saturated rings. The van der Waals surface area contributed by atoms with E-state index in [9.17, 15) is 8.42 Å². The minimum Gasteiger partial charge on any atom is -0.306 e. The molecule has 1 saturated carbocycles. The van der Waals surface area contributed by atoms with Gasteiger partial charge in [0.15, 0.2) is 9.84 Å². The second-order valence-electron chi connectivity index (χ2n) is 4.78. The maximum atomic E-state index is 11.5. The molecule has 14 heavy (non-hydrogen) atoms. The Labute approximate surface area is 87.4 Å². The summed E-state index contributed by atoms with van der Waals surface area (Å²) in [5.74, 6) is 0.321. The van der Waals surface area contributed by atoms with Crippen LogP contribution in [0.3, 0.4) is 0 Å². The Balaban J connectivity index is 2.75. The van der Waals surface area contributed by atoms with Crippen LogP contribution in [0.5, 0.6) is 0 Å². The first kappa shape index (κ1) is 12.0. The number of sulfone groups is 1. The van der Waals surface area contributed by atoms with Crippen molar-refractivity contribution in [3.8, 4) is 0 Å². The third kappa shape index (κ3) is 2.70. The lowest BCUT2D eigenvalue weighted by atomic mass is 9.86. The minimum atomic E-state index is -2.87. The largest absolute Gasteiger partial charge is 0.306 e. The Morgan fingerprint density at radius 1 is 1.21 bits per heavy atom. The quantitative estimate of drug-likeness (QED) is 0.699. The molecule has 3 unspecified atom stereocenters. The Morgan fingerprint density at radius 3 is 2.21 bits per heavy atom. The normalized spacial score (nSPS) is 34.8. The predicted molar refractivity (Wildman–Crippen MR) is 59.1 cm³/mol. The highest BCUT2D eigenvalue weighted by Crippen LogP contribution is 2.30. The van der Waals surface area contributed by atoms with Gasteiger partial charge in [-0.2, -0.15) is 0 Å². The molecule has 0 aromatic carbocycles. The molecule has 0 bridgehead atoms. The van der Waals surface area contributed by atoms with Crippen LogP contribution in [0.15, 0.2) is 0 Å². The van der Waals surface area contributed by atoms with Crippen LogP contribution < -0.4 is 0 Å². The molecule has 1 aliphatic rings. The van der Waals surface area contributed by atoms with Crippen LogP contribution in [0.1, 0.15) is 26.2 Å². The van der Waals surface area contributed by atoms with Crippen molar-refractivity contribution in [2.75, 3.05) is 20.4 Å². The number of nitrogens with zero attached hydrogens (tertiary/aromatic N) is 1. The molecule has 0 aromatic heterocycles. The zero-order chi connectivity index (χ0) is 10.9. The molecule has 4 heteroatoms. The van der Waals surface area contributed by atoms with E-state index in [1.165, 1.54) is 6.26 Å². The molecule has 0 spiro atoms. The monoisotopic (exact) mass is 219 g/mol. The summed E-state index contributed by atoms with van der Waals surface area (Å²) in [7, 11) is 1.19. The smallest absolute Gasteiger partial charge is 0.150 e. The van der Waals surface area contributed by atoms with Crippen molar-refractivity contribution in [2.45, 2.75) is 37.5 Å². The highest BCUT2D eigenvalue weighted by molar-refractivity contribution is 7.91. The van der Waals surface area contributed by atoms with Crippen LogP contribution in [0, 0.1) is 5.92 Å². The van der Waals surface area contributed by atoms with Crippen molar-refractivity contribution in [1.29, 1.82) is 0 Å². The van der Waals surface area contributed by atoms with Gasteiger partial charge in [-0.05, 0) is 39.3 Å². The molecular formula is C10H21NO2S. The summed E-state index contributed by atoms with van der Waals surface area (Å²) in [4.78, 5) is 2.14. The highest BCUT2D eigenvalue weighted by atomic mass is 32.2. The lowest BCUT2D eigenvalue weighted by molar-refractivity contribution is 0.202. The van der Waals surface area contributed by atoms with Gasteiger partial charge in [0.2, 0.25) is 0 Å². The molecule has 84 valence electrons. The predicted octanol–water partition coefficient (Wildman–Crippen LogP) is 1.15. The van der Waals surface area contributed by atoms with Crippen LogP contribution in [-0.4, -0.2) is 45.0 Å². The summed E-state index contributed by atoms with van der Waals surface area (Å²) >= 11 is 0. The fourth-order valence-electron chi connectivity index (χ4n) is 2.33. The fourth-order valence-corrected chi connectivity index (χ4v) is 3.88. The van der Waals surface area contributed by atoms with Gasteiger partial charge >= 0.3 is 0 Å². The second-order valence-corrected chi connectivity index (χ2v) is 7.04. The van der Waals surface area contributed by atoms with Crippen molar-refractivity contribution >= 4 is 9.84 Å². The van der Waals surface area contributed by atoms with Gasteiger partial charge in [0, 0.05) is 12.3 Å². The zero-order valence-electron chi connectivity index (χ0n) is 9.53. The molecule has 0 radical (unpaired) electrons. The summed E-state index contributed by atoms with van der Waals surface area (Å²) < 4.78 is 23.1. The number of hydrogen-bond donors (Lipinski definition) is 0. The van der Waals surface area contributed by atoms with Gasteiger partial charge in [-0.15, -0.1) is 0 Å². The lowest BCUT2D eigenvalue weighted by Gasteiger charge is -2.36. The first-order valence-corrected chi connectivity index (χ1v) is 7.13. The van der Waals surface area contributed by atoms with Gasteiger partial charge in [0.1, 0.15) is 0 Å². The Morgan fingerprint density at radius 2 is 1.79 bits per heavy atom. The van der Waals surface area contributed by atoms with Crippen LogP contribution in [0.4, 0.5) is 0 Å². The van der Waals surface area contributed by atoms with E-state index in [0.29, 0.717) is 12.0 Å². The van der Waals surface area contributed by atoms with E-state index in [1.54, 1.807) is 0 Å². The molecule has 1 rings (SSSR count). The molecule has 0 aliphatic heterocycles. The second kappa shape index (κ2) is 4.19. The molecule has 0 N–H and O–H groups in total. The minimum absolute atomic E-state index is 0.136. The van der Waals surface area contributed by atoms with Gasteiger partial charge in [0.25, 0.3) is 0 Å². The molecule has 0 heterocycles. The van der Waals surface area contributed by atoms with Crippen molar-refractivity contribution in [2.24, 2.45) is 5.92 Å². The topological polar surface area (TPSA) is 37.4 Å². The maximum absolute atomic E-state index is 11.5. The Bertz CT molecular complexity index is 284. The first-order chi connectivity index (χ1) is 6.32. The third-order valence-electron chi connectivity index (χ3n) is 3.37. The van der Waals surface area contributed by atoms with Crippen molar-refractivity contribution in [3.05, 3.63) is 0 Å². The van der Waals surface area contributed by atoms with Gasteiger partial charge < -0.3 is 4.90 Å². The van der Waals surface area contributed by atoms with Gasteiger partial charge in [-0.1, -0.05) is 6.92 Å². The van der Waals surface area contributed by atoms with Crippen LogP contribution in [0.25, 0.3) is 0 Å². The average molecular weight is 219 g/mol. The number of rotatable bonds is 2. The summed E-state index contributed by atoms with van der Waals surface area (Å²) in [6.07, 6.45) is 4.32. The SMILES string of the molecule is CC1CCC(N(C)C)CC1S(C)(=O)=O. The molecule has 1 aliphatic carbocycles. The van der Waals surface area contributed by atoms with Crippen molar-refractivity contribution in [3.63, 3.8) is 0 Å². The molecule has 0 saturated heterocycles. The van der Waals surface area contributed by atoms with E-state index in [2.05, 4.69) is 11.8 Å². The van der Waals surface area contributed by atoms with E-state index in [0.717, 1.165) is 19.3 Å². The fraction of sp³-hybridized carbons (Fsp3) is 1.00. The lowest BCUT2D eigenvalue weighted by Crippen LogP contribution is -2.42. The summed E-state index contributed by atoms with van der Waals surface area (Å²) in [5.41, 5.74) is 0. The first-order valence-electron chi connectivity index (χ1n) is 5.17. The molecule has 0 amide bonds. The Hall–Kier alpha value is -0.0900. The van der Waals surface area contributed by atoms with E-state index >= 15 is 0 Å². The molecular weight excluding hydrogens is 198 g/mol. The Kier molecular flexibility index (Phi) is 3.58. The van der Waals surface area contributed by atoms with E-state index in [4.69, 9.17) is 0 Å². The maximum Gasteiger partial charge on any atom is 0.150 e. The molecule has 3 atom stereocenters. The van der Waals surface area contributed by atoms with Crippen molar-refractivity contribution < 1.29 is 8.42 Å². The van der Waals surface area contributed by atoms with Gasteiger partial charge in [0.05, 0.1) is 5.25 Å². The van der Waals surface area contributed by atoms with Gasteiger partial charge in [-0.3, -0.25) is 0 Å². The summed E-state index contributed by atoms with van der Waals surface area (Å²) in [6.45, 7) is 2.05. The average Bonchev–Trinajstić information content (AvgIpc) is 2.02. The van der Waals surface area contributed by atoms with Crippen LogP contribution in [0.2, 0.25) is 0 Å². The van der Waals surface area contributed by atoms with E-state index in [1.807, 2.05) is 14.1 Å². The molecule has 3 nitrogen and oxygen atoms in total. The van der Waals surface area contributed by atoms with E-state index < -0.39 is 9.84 Å². The van der Waals surface area contributed by atoms with E-state index in [-0.39, 0.29) is 5.25 Å². The van der Waals surface area contributed by atoms with Gasteiger partial charge in [-0.25, -0.2) is 8.42 Å². The third-order valence-corrected chi connectivity index (χ3v) is 5.13. The molecule has 0 aromatic rings. The number of hydrogen-bond acceptors (Lipinski definition) is 3. The highest BCUT2D eigenvalue weighted by Gasteiger charge is 2.34. The zero-order valence-corrected chi connectivity index (χ0v) is 10.3.